The van der Waals surface area contributed by atoms with Crippen LogP contribution in [0.2, 0.25) is 0 Å². The summed E-state index contributed by atoms with van der Waals surface area (Å²) in [5.41, 5.74) is 5.85. The molecule has 1 fully saturated rings. The summed E-state index contributed by atoms with van der Waals surface area (Å²) in [6.07, 6.45) is 12.3. The molecule has 5 heteroatoms. The highest BCUT2D eigenvalue weighted by molar-refractivity contribution is 6.31. The Hall–Kier alpha value is -4.38. The van der Waals surface area contributed by atoms with Crippen LogP contribution >= 0.6 is 0 Å². The predicted molar refractivity (Wildman–Crippen MR) is 193 cm³/mol. The van der Waals surface area contributed by atoms with Gasteiger partial charge in [0.25, 0.3) is 0 Å². The highest BCUT2D eigenvalue weighted by atomic mass is 16.5. The number of unbranched alkanes of at least 4 members (excludes halogenated alkanes) is 3. The summed E-state index contributed by atoms with van der Waals surface area (Å²) in [6.45, 7) is 8.95. The van der Waals surface area contributed by atoms with Crippen LogP contribution in [-0.2, 0) is 0 Å². The van der Waals surface area contributed by atoms with E-state index in [9.17, 15) is 19.8 Å². The van der Waals surface area contributed by atoms with E-state index in [1.807, 2.05) is 38.1 Å². The topological polar surface area (TPSA) is 83.8 Å². The second kappa shape index (κ2) is 14.4. The van der Waals surface area contributed by atoms with Gasteiger partial charge >= 0.3 is 0 Å². The molecule has 48 heavy (non-hydrogen) atoms. The highest BCUT2D eigenvalue weighted by Gasteiger charge is 2.36. The van der Waals surface area contributed by atoms with Crippen LogP contribution in [0.25, 0.3) is 22.3 Å². The van der Waals surface area contributed by atoms with E-state index in [0.29, 0.717) is 23.7 Å². The number of phenols is 2. The largest absolute Gasteiger partial charge is 0.507 e. The summed E-state index contributed by atoms with van der Waals surface area (Å²) in [5, 5.41) is 22.9. The fraction of sp³-hybridized carbons (Fsp3) is 0.395. The summed E-state index contributed by atoms with van der Waals surface area (Å²) in [5.74, 6) is 0.848. The summed E-state index contributed by atoms with van der Waals surface area (Å²) in [6, 6.07) is 18.7. The van der Waals surface area contributed by atoms with Gasteiger partial charge < -0.3 is 14.9 Å². The van der Waals surface area contributed by atoms with E-state index in [0.717, 1.165) is 46.8 Å². The molecule has 4 aromatic carbocycles. The molecule has 0 radical (unpaired) electrons. The molecule has 0 unspecified atom stereocenters. The van der Waals surface area contributed by atoms with Gasteiger partial charge in [0.05, 0.1) is 17.7 Å². The van der Waals surface area contributed by atoms with Crippen molar-refractivity contribution >= 4 is 11.6 Å². The van der Waals surface area contributed by atoms with Crippen molar-refractivity contribution in [3.63, 3.8) is 0 Å². The molecule has 0 spiro atoms. The molecular weight excluding hydrogens is 596 g/mol. The molecule has 0 atom stereocenters. The van der Waals surface area contributed by atoms with E-state index < -0.39 is 11.6 Å². The van der Waals surface area contributed by atoms with Crippen LogP contribution in [0.5, 0.6) is 17.2 Å². The minimum Gasteiger partial charge on any atom is -0.507 e. The SMILES string of the molecule is CCCCCC1CCC(c2ccc(-c3ccc4c(c3O)C(=O)c3ccc(-c5cc(C)c(OCCCC)c(C)c5)c(O)c3C4=O)cc2)CC1. The first kappa shape index (κ1) is 33.5. The Morgan fingerprint density at radius 1 is 0.646 bits per heavy atom. The first-order chi connectivity index (χ1) is 23.2. The average molecular weight is 645 g/mol. The van der Waals surface area contributed by atoms with E-state index >= 15 is 0 Å². The monoisotopic (exact) mass is 644 g/mol. The van der Waals surface area contributed by atoms with Gasteiger partial charge in [0, 0.05) is 22.3 Å². The second-order valence-electron chi connectivity index (χ2n) is 13.9. The predicted octanol–water partition coefficient (Wildman–Crippen LogP) is 10.9. The van der Waals surface area contributed by atoms with Gasteiger partial charge in [-0.1, -0.05) is 70.2 Å². The summed E-state index contributed by atoms with van der Waals surface area (Å²) < 4.78 is 6.01. The van der Waals surface area contributed by atoms with E-state index in [1.54, 1.807) is 24.3 Å². The van der Waals surface area contributed by atoms with Gasteiger partial charge in [0.2, 0.25) is 0 Å². The Labute approximate surface area is 285 Å². The minimum absolute atomic E-state index is 0.0112. The van der Waals surface area contributed by atoms with Crippen molar-refractivity contribution < 1.29 is 24.5 Å². The molecule has 0 aromatic heterocycles. The molecular formula is C43H48O5. The fourth-order valence-corrected chi connectivity index (χ4v) is 7.81. The van der Waals surface area contributed by atoms with Crippen molar-refractivity contribution in [1.82, 2.24) is 0 Å². The number of phenolic OH excluding ortho intramolecular Hbond substituents is 2. The molecule has 0 saturated heterocycles. The number of rotatable bonds is 11. The van der Waals surface area contributed by atoms with Crippen LogP contribution in [0.15, 0.2) is 60.7 Å². The smallest absolute Gasteiger partial charge is 0.198 e. The summed E-state index contributed by atoms with van der Waals surface area (Å²) in [4.78, 5) is 27.7. The molecule has 2 aliphatic carbocycles. The van der Waals surface area contributed by atoms with Gasteiger partial charge in [0.15, 0.2) is 11.6 Å². The number of ketones is 2. The molecule has 0 aliphatic heterocycles. The van der Waals surface area contributed by atoms with Gasteiger partial charge in [-0.05, 0) is 122 Å². The van der Waals surface area contributed by atoms with Gasteiger partial charge in [-0.25, -0.2) is 0 Å². The van der Waals surface area contributed by atoms with Crippen molar-refractivity contribution in [2.45, 2.75) is 97.8 Å². The van der Waals surface area contributed by atoms with Crippen molar-refractivity contribution in [2.24, 2.45) is 5.92 Å². The normalized spacial score (nSPS) is 17.2. The molecule has 1 saturated carbocycles. The minimum atomic E-state index is -0.477. The third-order valence-electron chi connectivity index (χ3n) is 10.6. The van der Waals surface area contributed by atoms with E-state index in [2.05, 4.69) is 26.0 Å². The lowest BCUT2D eigenvalue weighted by Gasteiger charge is -2.29. The highest BCUT2D eigenvalue weighted by Crippen LogP contribution is 2.45. The molecule has 2 N–H and O–H groups in total. The number of fused-ring (bicyclic) bond motifs is 2. The van der Waals surface area contributed by atoms with Crippen LogP contribution in [0.4, 0.5) is 0 Å². The van der Waals surface area contributed by atoms with Crippen LogP contribution in [-0.4, -0.2) is 28.4 Å². The lowest BCUT2D eigenvalue weighted by Crippen LogP contribution is -2.21. The number of carbonyl (C=O) groups excluding carboxylic acids is 2. The Bertz CT molecular complexity index is 1800. The lowest BCUT2D eigenvalue weighted by atomic mass is 9.76. The van der Waals surface area contributed by atoms with Crippen molar-refractivity contribution in [3.05, 3.63) is 99.6 Å². The first-order valence-electron chi connectivity index (χ1n) is 17.9. The molecule has 0 bridgehead atoms. The summed E-state index contributed by atoms with van der Waals surface area (Å²) >= 11 is 0. The first-order valence-corrected chi connectivity index (χ1v) is 17.9. The molecule has 6 rings (SSSR count). The Kier molecular flexibility index (Phi) is 10.1. The zero-order valence-corrected chi connectivity index (χ0v) is 28.8. The lowest BCUT2D eigenvalue weighted by molar-refractivity contribution is 0.0974. The Morgan fingerprint density at radius 2 is 1.17 bits per heavy atom. The third kappa shape index (κ3) is 6.40. The number of carbonyl (C=O) groups is 2. The zero-order chi connectivity index (χ0) is 33.9. The van der Waals surface area contributed by atoms with E-state index in [-0.39, 0.29) is 33.8 Å². The Balaban J connectivity index is 1.24. The standard InChI is InChI=1S/C43H48O5/c1-5-7-9-10-28-11-13-29(14-12-28)30-15-17-31(18-16-30)33-19-21-35-37(39(33)44)41(46)36-22-20-34(40(45)38(36)42(35)47)32-24-26(3)43(27(4)25-32)48-23-8-6-2/h15-22,24-25,28-29,44-45H,5-14,23H2,1-4H3. The number of aromatic hydroxyl groups is 2. The summed E-state index contributed by atoms with van der Waals surface area (Å²) in [7, 11) is 0. The maximum Gasteiger partial charge on any atom is 0.198 e. The quantitative estimate of drug-likeness (QED) is 0.140. The van der Waals surface area contributed by atoms with Gasteiger partial charge in [0.1, 0.15) is 17.2 Å². The molecule has 0 heterocycles. The number of hydrogen-bond donors (Lipinski definition) is 2. The zero-order valence-electron chi connectivity index (χ0n) is 28.8. The van der Waals surface area contributed by atoms with Crippen LogP contribution < -0.4 is 4.74 Å². The molecule has 250 valence electrons. The van der Waals surface area contributed by atoms with Crippen LogP contribution in [0.3, 0.4) is 0 Å². The van der Waals surface area contributed by atoms with Crippen molar-refractivity contribution in [3.8, 4) is 39.5 Å². The van der Waals surface area contributed by atoms with Crippen LogP contribution in [0, 0.1) is 19.8 Å². The number of aryl methyl sites for hydroxylation is 2. The van der Waals surface area contributed by atoms with E-state index in [4.69, 9.17) is 4.74 Å². The molecule has 5 nitrogen and oxygen atoms in total. The van der Waals surface area contributed by atoms with Gasteiger partial charge in [-0.15, -0.1) is 0 Å². The van der Waals surface area contributed by atoms with Crippen molar-refractivity contribution in [1.29, 1.82) is 0 Å². The molecule has 4 aromatic rings. The average Bonchev–Trinajstić information content (AvgIpc) is 3.08. The van der Waals surface area contributed by atoms with Gasteiger partial charge in [-0.2, -0.15) is 0 Å². The third-order valence-corrected chi connectivity index (χ3v) is 10.6. The molecule has 0 amide bonds. The number of ether oxygens (including phenoxy) is 1. The fourth-order valence-electron chi connectivity index (χ4n) is 7.81. The van der Waals surface area contributed by atoms with Gasteiger partial charge in [-0.3, -0.25) is 9.59 Å². The second-order valence-corrected chi connectivity index (χ2v) is 13.9. The number of benzene rings is 4. The number of hydrogen-bond acceptors (Lipinski definition) is 5. The maximum absolute atomic E-state index is 13.9. The van der Waals surface area contributed by atoms with Crippen molar-refractivity contribution in [2.75, 3.05) is 6.61 Å². The van der Waals surface area contributed by atoms with Crippen LogP contribution in [0.1, 0.15) is 133 Å². The molecule has 2 aliphatic rings. The van der Waals surface area contributed by atoms with E-state index in [1.165, 1.54) is 56.9 Å². The maximum atomic E-state index is 13.9. The Morgan fingerprint density at radius 3 is 1.71 bits per heavy atom.